The van der Waals surface area contributed by atoms with E-state index < -0.39 is 11.6 Å². The third-order valence-electron chi connectivity index (χ3n) is 6.13. The van der Waals surface area contributed by atoms with Gasteiger partial charge in [0, 0.05) is 44.4 Å². The predicted octanol–water partition coefficient (Wildman–Crippen LogP) is 4.51. The highest BCUT2D eigenvalue weighted by Gasteiger charge is 2.24. The number of hydrogen-bond acceptors (Lipinski definition) is 8. The number of nitrogens with zero attached hydrogens (tertiary/aromatic N) is 7. The highest BCUT2D eigenvalue weighted by atomic mass is 19.1. The predicted molar refractivity (Wildman–Crippen MR) is 138 cm³/mol. The Kier molecular flexibility index (Phi) is 7.00. The second kappa shape index (κ2) is 10.5. The summed E-state index contributed by atoms with van der Waals surface area (Å²) in [5.41, 5.74) is 4.95. The molecular formula is C27H27F2N7O. The maximum atomic E-state index is 14.2. The molecule has 0 N–H and O–H groups in total. The maximum Gasteiger partial charge on any atom is 0.232 e. The summed E-state index contributed by atoms with van der Waals surface area (Å²) in [6.07, 6.45) is 6.89. The topological polar surface area (TPSA) is 80.2 Å². The molecule has 1 aliphatic heterocycles. The molecule has 0 aliphatic carbocycles. The van der Waals surface area contributed by atoms with Crippen LogP contribution < -0.4 is 9.64 Å². The summed E-state index contributed by atoms with van der Waals surface area (Å²) in [7, 11) is 1.54. The van der Waals surface area contributed by atoms with E-state index in [1.807, 2.05) is 26.0 Å². The first kappa shape index (κ1) is 24.6. The van der Waals surface area contributed by atoms with Crippen LogP contribution in [-0.2, 0) is 6.54 Å². The molecule has 10 heteroatoms. The fourth-order valence-corrected chi connectivity index (χ4v) is 4.30. The number of anilines is 1. The third kappa shape index (κ3) is 5.54. The molecule has 4 heterocycles. The van der Waals surface area contributed by atoms with Crippen LogP contribution in [-0.4, -0.2) is 63.1 Å². The molecule has 8 nitrogen and oxygen atoms in total. The van der Waals surface area contributed by atoms with E-state index in [-0.39, 0.29) is 0 Å². The second-order valence-electron chi connectivity index (χ2n) is 9.16. The van der Waals surface area contributed by atoms with Crippen molar-refractivity contribution in [3.8, 4) is 17.3 Å². The fraction of sp³-hybridized carbons (Fsp3) is 0.296. The average molecular weight is 504 g/mol. The van der Waals surface area contributed by atoms with Crippen LogP contribution >= 0.6 is 0 Å². The van der Waals surface area contributed by atoms with E-state index in [4.69, 9.17) is 14.7 Å². The number of allylic oxidation sites excluding steroid dienone is 1. The molecular weight excluding hydrogens is 476 g/mol. The first-order valence-electron chi connectivity index (χ1n) is 12.0. The number of fused-ring (bicyclic) bond motifs is 1. The lowest BCUT2D eigenvalue weighted by atomic mass is 10.1. The van der Waals surface area contributed by atoms with Crippen molar-refractivity contribution in [3.05, 3.63) is 71.3 Å². The lowest BCUT2D eigenvalue weighted by molar-refractivity contribution is 0.246. The number of hydrogen-bond donors (Lipinski definition) is 0. The molecule has 0 atom stereocenters. The fourth-order valence-electron chi connectivity index (χ4n) is 4.30. The SMILES string of the molecule is COc1cncc(-c2nc3cnc(C=C(C)C)cc3nc2N2CCN(Cc3ccc(F)cc3F)CC2)n1. The Morgan fingerprint density at radius 2 is 1.78 bits per heavy atom. The molecule has 5 rings (SSSR count). The van der Waals surface area contributed by atoms with Gasteiger partial charge in [0.1, 0.15) is 28.5 Å². The van der Waals surface area contributed by atoms with Gasteiger partial charge in [0.2, 0.25) is 5.88 Å². The van der Waals surface area contributed by atoms with E-state index in [0.29, 0.717) is 66.9 Å². The molecule has 0 spiro atoms. The Labute approximate surface area is 213 Å². The zero-order chi connectivity index (χ0) is 25.9. The van der Waals surface area contributed by atoms with Crippen LogP contribution in [0.25, 0.3) is 28.5 Å². The zero-order valence-corrected chi connectivity index (χ0v) is 20.9. The van der Waals surface area contributed by atoms with Gasteiger partial charge in [0.15, 0.2) is 5.82 Å². The zero-order valence-electron chi connectivity index (χ0n) is 20.9. The van der Waals surface area contributed by atoms with Gasteiger partial charge in [-0.25, -0.2) is 23.7 Å². The molecule has 0 bridgehead atoms. The van der Waals surface area contributed by atoms with Crippen LogP contribution in [0.1, 0.15) is 25.1 Å². The van der Waals surface area contributed by atoms with Gasteiger partial charge in [-0.3, -0.25) is 14.9 Å². The summed E-state index contributed by atoms with van der Waals surface area (Å²) in [5.74, 6) is -0.0231. The lowest BCUT2D eigenvalue weighted by Gasteiger charge is -2.36. The van der Waals surface area contributed by atoms with Crippen molar-refractivity contribution in [3.63, 3.8) is 0 Å². The molecule has 1 aliphatic rings. The van der Waals surface area contributed by atoms with Crippen LogP contribution in [0, 0.1) is 11.6 Å². The quantitative estimate of drug-likeness (QED) is 0.380. The Morgan fingerprint density at radius 3 is 2.51 bits per heavy atom. The summed E-state index contributed by atoms with van der Waals surface area (Å²) >= 11 is 0. The van der Waals surface area contributed by atoms with E-state index in [9.17, 15) is 8.78 Å². The first-order chi connectivity index (χ1) is 17.9. The minimum absolute atomic E-state index is 0.383. The van der Waals surface area contributed by atoms with Crippen molar-refractivity contribution in [2.75, 3.05) is 38.2 Å². The van der Waals surface area contributed by atoms with Crippen molar-refractivity contribution in [2.45, 2.75) is 20.4 Å². The molecule has 1 saturated heterocycles. The Hall–Kier alpha value is -4.05. The van der Waals surface area contributed by atoms with Crippen LogP contribution in [0.3, 0.4) is 0 Å². The Morgan fingerprint density at radius 1 is 0.973 bits per heavy atom. The molecule has 4 aromatic rings. The van der Waals surface area contributed by atoms with Gasteiger partial charge in [-0.15, -0.1) is 0 Å². The number of ether oxygens (including phenoxy) is 1. The minimum atomic E-state index is -0.572. The van der Waals surface area contributed by atoms with Gasteiger partial charge in [-0.2, -0.15) is 0 Å². The molecule has 0 saturated carbocycles. The highest BCUT2D eigenvalue weighted by molar-refractivity contribution is 5.83. The van der Waals surface area contributed by atoms with Crippen LogP contribution in [0.4, 0.5) is 14.6 Å². The van der Waals surface area contributed by atoms with Gasteiger partial charge in [-0.1, -0.05) is 11.6 Å². The number of methoxy groups -OCH3 is 1. The highest BCUT2D eigenvalue weighted by Crippen LogP contribution is 2.30. The normalized spacial score (nSPS) is 14.1. The standard InChI is InChI=1S/C27H27F2N7O/c1-17(2)10-20-12-22-23(14-31-20)33-26(24-13-30-15-25(32-24)37-3)27(34-22)36-8-6-35(7-9-36)16-18-4-5-19(28)11-21(18)29/h4-5,10-15H,6-9,16H2,1-3H3. The summed E-state index contributed by atoms with van der Waals surface area (Å²) in [6.45, 7) is 7.11. The van der Waals surface area contributed by atoms with Crippen LogP contribution in [0.15, 0.2) is 48.4 Å². The number of rotatable bonds is 6. The van der Waals surface area contributed by atoms with Gasteiger partial charge in [0.05, 0.1) is 36.9 Å². The molecule has 3 aromatic heterocycles. The Balaban J connectivity index is 1.47. The van der Waals surface area contributed by atoms with Crippen molar-refractivity contribution in [2.24, 2.45) is 0 Å². The average Bonchev–Trinajstić information content (AvgIpc) is 2.89. The van der Waals surface area contributed by atoms with E-state index in [1.165, 1.54) is 18.3 Å². The number of halogens is 2. The third-order valence-corrected chi connectivity index (χ3v) is 6.13. The second-order valence-corrected chi connectivity index (χ2v) is 9.16. The summed E-state index contributed by atoms with van der Waals surface area (Å²) < 4.78 is 32.7. The molecule has 1 fully saturated rings. The van der Waals surface area contributed by atoms with Gasteiger partial charge >= 0.3 is 0 Å². The largest absolute Gasteiger partial charge is 0.480 e. The van der Waals surface area contributed by atoms with Crippen molar-refractivity contribution in [1.29, 1.82) is 0 Å². The van der Waals surface area contributed by atoms with Crippen LogP contribution in [0.2, 0.25) is 0 Å². The van der Waals surface area contributed by atoms with Gasteiger partial charge in [-0.05, 0) is 32.1 Å². The molecule has 1 aromatic carbocycles. The summed E-state index contributed by atoms with van der Waals surface area (Å²) in [4.78, 5) is 27.5. The van der Waals surface area contributed by atoms with E-state index in [0.717, 1.165) is 22.9 Å². The minimum Gasteiger partial charge on any atom is -0.480 e. The number of pyridine rings is 1. The first-order valence-corrected chi connectivity index (χ1v) is 12.0. The Bertz CT molecular complexity index is 1460. The molecule has 0 unspecified atom stereocenters. The van der Waals surface area contributed by atoms with Crippen molar-refractivity contribution >= 4 is 22.9 Å². The van der Waals surface area contributed by atoms with Gasteiger partial charge < -0.3 is 9.64 Å². The van der Waals surface area contributed by atoms with Crippen LogP contribution in [0.5, 0.6) is 5.88 Å². The molecule has 37 heavy (non-hydrogen) atoms. The smallest absolute Gasteiger partial charge is 0.232 e. The monoisotopic (exact) mass is 503 g/mol. The number of benzene rings is 1. The van der Waals surface area contributed by atoms with Crippen molar-refractivity contribution in [1.82, 2.24) is 29.8 Å². The molecule has 190 valence electrons. The molecule has 0 radical (unpaired) electrons. The number of piperazine rings is 1. The van der Waals surface area contributed by atoms with Crippen molar-refractivity contribution < 1.29 is 13.5 Å². The maximum absolute atomic E-state index is 14.2. The number of aromatic nitrogens is 5. The van der Waals surface area contributed by atoms with Gasteiger partial charge in [0.25, 0.3) is 0 Å². The summed E-state index contributed by atoms with van der Waals surface area (Å²) in [5, 5.41) is 0. The van der Waals surface area contributed by atoms with E-state index in [2.05, 4.69) is 24.8 Å². The lowest BCUT2D eigenvalue weighted by Crippen LogP contribution is -2.46. The summed E-state index contributed by atoms with van der Waals surface area (Å²) in [6, 6.07) is 5.64. The van der Waals surface area contributed by atoms with E-state index in [1.54, 1.807) is 19.5 Å². The molecule has 0 amide bonds. The van der Waals surface area contributed by atoms with E-state index >= 15 is 0 Å².